The summed E-state index contributed by atoms with van der Waals surface area (Å²) in [6.07, 6.45) is 2.85. The van der Waals surface area contributed by atoms with Gasteiger partial charge in [0.05, 0.1) is 10.6 Å². The highest BCUT2D eigenvalue weighted by molar-refractivity contribution is 7.98. The SMILES string of the molecule is CC[C@H](C(=O)NC)N(CCc1ccccc1)C(=O)CN(c1ccc(C)cc1)S(=O)(=O)c1ccc(SC)cc1. The van der Waals surface area contributed by atoms with Crippen molar-refractivity contribution in [2.75, 3.05) is 30.7 Å². The number of likely N-dealkylation sites (N-methyl/N-ethyl adjacent to an activating group) is 1. The van der Waals surface area contributed by atoms with Crippen molar-refractivity contribution in [3.05, 3.63) is 90.0 Å². The first kappa shape index (κ1) is 29.3. The van der Waals surface area contributed by atoms with E-state index in [1.807, 2.05) is 62.6 Å². The van der Waals surface area contributed by atoms with Gasteiger partial charge in [-0.1, -0.05) is 55.0 Å². The molecule has 0 saturated heterocycles. The fourth-order valence-corrected chi connectivity index (χ4v) is 6.00. The van der Waals surface area contributed by atoms with Crippen LogP contribution in [0.15, 0.2) is 88.7 Å². The third-order valence-corrected chi connectivity index (χ3v) is 8.90. The molecule has 3 rings (SSSR count). The molecule has 3 aromatic carbocycles. The molecular formula is C29H35N3O4S2. The minimum atomic E-state index is -4.07. The Morgan fingerprint density at radius 2 is 1.58 bits per heavy atom. The number of sulfonamides is 1. The molecule has 1 N–H and O–H groups in total. The lowest BCUT2D eigenvalue weighted by molar-refractivity contribution is -0.139. The van der Waals surface area contributed by atoms with Crippen LogP contribution in [0.4, 0.5) is 5.69 Å². The molecule has 0 aliphatic heterocycles. The van der Waals surface area contributed by atoms with Crippen LogP contribution >= 0.6 is 11.8 Å². The van der Waals surface area contributed by atoms with E-state index < -0.39 is 28.5 Å². The number of rotatable bonds is 12. The van der Waals surface area contributed by atoms with Gasteiger partial charge in [-0.25, -0.2) is 8.42 Å². The van der Waals surface area contributed by atoms with Gasteiger partial charge in [0, 0.05) is 18.5 Å². The fraction of sp³-hybridized carbons (Fsp3) is 0.310. The van der Waals surface area contributed by atoms with Crippen molar-refractivity contribution in [2.45, 2.75) is 42.5 Å². The molecule has 1 atom stereocenters. The average Bonchev–Trinajstić information content (AvgIpc) is 2.94. The lowest BCUT2D eigenvalue weighted by atomic mass is 10.1. The molecule has 0 saturated carbocycles. The van der Waals surface area contributed by atoms with Gasteiger partial charge in [0.25, 0.3) is 10.0 Å². The number of amides is 2. The summed E-state index contributed by atoms with van der Waals surface area (Å²) in [5, 5.41) is 2.64. The van der Waals surface area contributed by atoms with Gasteiger partial charge in [0.15, 0.2) is 0 Å². The Balaban J connectivity index is 1.99. The van der Waals surface area contributed by atoms with Crippen LogP contribution in [-0.4, -0.2) is 57.6 Å². The zero-order chi connectivity index (χ0) is 27.7. The normalized spacial score (nSPS) is 12.0. The van der Waals surface area contributed by atoms with Gasteiger partial charge in [0.1, 0.15) is 12.6 Å². The van der Waals surface area contributed by atoms with Crippen LogP contribution in [0.2, 0.25) is 0 Å². The van der Waals surface area contributed by atoms with Crippen LogP contribution in [0.25, 0.3) is 0 Å². The number of nitrogens with one attached hydrogen (secondary N) is 1. The van der Waals surface area contributed by atoms with Crippen LogP contribution in [0.1, 0.15) is 24.5 Å². The molecule has 0 aliphatic rings. The van der Waals surface area contributed by atoms with Crippen LogP contribution in [-0.2, 0) is 26.0 Å². The molecule has 38 heavy (non-hydrogen) atoms. The van der Waals surface area contributed by atoms with Crippen molar-refractivity contribution in [3.63, 3.8) is 0 Å². The second-order valence-corrected chi connectivity index (χ2v) is 11.6. The summed E-state index contributed by atoms with van der Waals surface area (Å²) < 4.78 is 28.8. The Kier molecular flexibility index (Phi) is 10.4. The van der Waals surface area contributed by atoms with E-state index in [1.54, 1.807) is 36.4 Å². The minimum absolute atomic E-state index is 0.0952. The largest absolute Gasteiger partial charge is 0.357 e. The topological polar surface area (TPSA) is 86.8 Å². The molecule has 0 aliphatic carbocycles. The summed E-state index contributed by atoms with van der Waals surface area (Å²) in [4.78, 5) is 29.1. The van der Waals surface area contributed by atoms with Crippen molar-refractivity contribution in [2.24, 2.45) is 0 Å². The molecule has 0 radical (unpaired) electrons. The average molecular weight is 554 g/mol. The molecule has 0 bridgehead atoms. The Morgan fingerprint density at radius 1 is 0.947 bits per heavy atom. The summed E-state index contributed by atoms with van der Waals surface area (Å²) in [6, 6.07) is 22.6. The molecule has 2 amide bonds. The maximum absolute atomic E-state index is 13.9. The molecule has 0 aromatic heterocycles. The van der Waals surface area contributed by atoms with E-state index in [0.29, 0.717) is 18.5 Å². The highest BCUT2D eigenvalue weighted by Crippen LogP contribution is 2.26. The maximum Gasteiger partial charge on any atom is 0.264 e. The molecule has 3 aromatic rings. The van der Waals surface area contributed by atoms with Gasteiger partial charge in [-0.05, 0) is 68.0 Å². The monoisotopic (exact) mass is 553 g/mol. The lowest BCUT2D eigenvalue weighted by Gasteiger charge is -2.33. The van der Waals surface area contributed by atoms with E-state index >= 15 is 0 Å². The summed E-state index contributed by atoms with van der Waals surface area (Å²) >= 11 is 1.52. The molecule has 7 nitrogen and oxygen atoms in total. The molecule has 0 heterocycles. The second kappa shape index (κ2) is 13.5. The van der Waals surface area contributed by atoms with E-state index in [-0.39, 0.29) is 17.3 Å². The smallest absolute Gasteiger partial charge is 0.264 e. The van der Waals surface area contributed by atoms with Crippen molar-refractivity contribution in [1.29, 1.82) is 0 Å². The Morgan fingerprint density at radius 3 is 2.13 bits per heavy atom. The third-order valence-electron chi connectivity index (χ3n) is 6.36. The lowest BCUT2D eigenvalue weighted by Crippen LogP contribution is -2.52. The number of nitrogens with zero attached hydrogens (tertiary/aromatic N) is 2. The van der Waals surface area contributed by atoms with E-state index in [2.05, 4.69) is 5.32 Å². The van der Waals surface area contributed by atoms with Crippen LogP contribution < -0.4 is 9.62 Å². The van der Waals surface area contributed by atoms with Gasteiger partial charge in [0.2, 0.25) is 11.8 Å². The first-order chi connectivity index (χ1) is 18.2. The summed E-state index contributed by atoms with van der Waals surface area (Å²) in [6.45, 7) is 3.59. The Bertz CT molecular complexity index is 1310. The highest BCUT2D eigenvalue weighted by Gasteiger charge is 2.33. The minimum Gasteiger partial charge on any atom is -0.357 e. The predicted molar refractivity (Wildman–Crippen MR) is 154 cm³/mol. The Labute approximate surface area is 230 Å². The van der Waals surface area contributed by atoms with Gasteiger partial charge < -0.3 is 10.2 Å². The second-order valence-electron chi connectivity index (χ2n) is 8.88. The number of hydrogen-bond donors (Lipinski definition) is 1. The number of thioether (sulfide) groups is 1. The zero-order valence-electron chi connectivity index (χ0n) is 22.3. The summed E-state index contributed by atoms with van der Waals surface area (Å²) in [7, 11) is -2.54. The van der Waals surface area contributed by atoms with Gasteiger partial charge >= 0.3 is 0 Å². The van der Waals surface area contributed by atoms with Crippen molar-refractivity contribution in [3.8, 4) is 0 Å². The molecule has 0 spiro atoms. The number of carbonyl (C=O) groups is 2. The highest BCUT2D eigenvalue weighted by atomic mass is 32.2. The zero-order valence-corrected chi connectivity index (χ0v) is 23.9. The van der Waals surface area contributed by atoms with E-state index in [1.165, 1.54) is 23.7 Å². The van der Waals surface area contributed by atoms with E-state index in [9.17, 15) is 18.0 Å². The van der Waals surface area contributed by atoms with Crippen molar-refractivity contribution < 1.29 is 18.0 Å². The first-order valence-corrected chi connectivity index (χ1v) is 15.2. The summed E-state index contributed by atoms with van der Waals surface area (Å²) in [5.41, 5.74) is 2.37. The molecule has 202 valence electrons. The van der Waals surface area contributed by atoms with Crippen LogP contribution in [0, 0.1) is 6.92 Å². The molecular weight excluding hydrogens is 518 g/mol. The van der Waals surface area contributed by atoms with Gasteiger partial charge in [-0.2, -0.15) is 0 Å². The fourth-order valence-electron chi connectivity index (χ4n) is 4.18. The number of carbonyl (C=O) groups excluding carboxylic acids is 2. The van der Waals surface area contributed by atoms with E-state index in [0.717, 1.165) is 20.3 Å². The molecule has 0 unspecified atom stereocenters. The molecule has 0 fully saturated rings. The third kappa shape index (κ3) is 7.17. The number of hydrogen-bond acceptors (Lipinski definition) is 5. The standard InChI is InChI=1S/C29H35N3O4S2/c1-5-27(29(34)30-3)31(20-19-23-9-7-6-8-10-23)28(33)21-32(24-13-11-22(2)12-14-24)38(35,36)26-17-15-25(37-4)16-18-26/h6-18,27H,5,19-21H2,1-4H3,(H,30,34)/t27-/m1/s1. The van der Waals surface area contributed by atoms with Crippen molar-refractivity contribution in [1.82, 2.24) is 10.2 Å². The Hall–Kier alpha value is -3.30. The molecule has 9 heteroatoms. The van der Waals surface area contributed by atoms with Crippen molar-refractivity contribution >= 4 is 39.3 Å². The van der Waals surface area contributed by atoms with Gasteiger partial charge in [-0.3, -0.25) is 13.9 Å². The summed E-state index contributed by atoms with van der Waals surface area (Å²) in [5.74, 6) is -0.729. The number of aryl methyl sites for hydroxylation is 1. The van der Waals surface area contributed by atoms with Crippen LogP contribution in [0.3, 0.4) is 0 Å². The van der Waals surface area contributed by atoms with Gasteiger partial charge in [-0.15, -0.1) is 11.8 Å². The maximum atomic E-state index is 13.9. The predicted octanol–water partition coefficient (Wildman–Crippen LogP) is 4.51. The van der Waals surface area contributed by atoms with Crippen LogP contribution in [0.5, 0.6) is 0 Å². The van der Waals surface area contributed by atoms with E-state index in [4.69, 9.17) is 0 Å². The quantitative estimate of drug-likeness (QED) is 0.334. The number of anilines is 1. The number of benzene rings is 3. The first-order valence-electron chi connectivity index (χ1n) is 12.5.